The molecule has 0 bridgehead atoms. The maximum absolute atomic E-state index is 12.6. The number of rotatable bonds is 6. The van der Waals surface area contributed by atoms with Gasteiger partial charge in [-0.3, -0.25) is 4.79 Å². The number of nitrogens with one attached hydrogen (secondary N) is 1. The minimum atomic E-state index is -0.407. The van der Waals surface area contributed by atoms with Crippen LogP contribution in [0, 0.1) is 0 Å². The maximum atomic E-state index is 12.6. The number of amides is 1. The van der Waals surface area contributed by atoms with Crippen LogP contribution in [0.4, 0.5) is 5.82 Å². The van der Waals surface area contributed by atoms with Crippen molar-refractivity contribution in [2.45, 2.75) is 25.8 Å². The standard InChI is InChI=1S/C22H23Cl2N3O3/c1-2-30-20(28)7-6-15-12-19(24)21(25-14-15)26-18-8-10-27(11-9-18)22(29)16-4-3-5-17(23)13-16/h3-7,12-14,18H,2,8-11H2,1H3,(H,25,26)/b7-6+. The molecule has 1 aliphatic rings. The Morgan fingerprint density at radius 1 is 1.27 bits per heavy atom. The third kappa shape index (κ3) is 5.97. The quantitative estimate of drug-likeness (QED) is 0.513. The van der Waals surface area contributed by atoms with Crippen molar-refractivity contribution in [3.05, 3.63) is 63.8 Å². The zero-order chi connectivity index (χ0) is 21.5. The fourth-order valence-corrected chi connectivity index (χ4v) is 3.65. The van der Waals surface area contributed by atoms with E-state index in [1.165, 1.54) is 6.08 Å². The normalized spacial score (nSPS) is 14.7. The molecule has 1 aromatic heterocycles. The molecule has 1 fully saturated rings. The van der Waals surface area contributed by atoms with E-state index in [1.807, 2.05) is 4.90 Å². The van der Waals surface area contributed by atoms with Gasteiger partial charge in [0, 0.05) is 42.0 Å². The zero-order valence-corrected chi connectivity index (χ0v) is 18.1. The minimum absolute atomic E-state index is 0.00940. The third-order valence-corrected chi connectivity index (χ3v) is 5.28. The molecule has 1 amide bonds. The molecule has 1 aromatic carbocycles. The molecule has 0 aliphatic carbocycles. The topological polar surface area (TPSA) is 71.5 Å². The smallest absolute Gasteiger partial charge is 0.330 e. The highest BCUT2D eigenvalue weighted by atomic mass is 35.5. The molecule has 6 nitrogen and oxygen atoms in total. The molecule has 0 unspecified atom stereocenters. The molecule has 2 heterocycles. The molecule has 0 spiro atoms. The lowest BCUT2D eigenvalue weighted by molar-refractivity contribution is -0.137. The van der Waals surface area contributed by atoms with E-state index in [1.54, 1.807) is 49.5 Å². The van der Waals surface area contributed by atoms with Crippen LogP contribution in [0.15, 0.2) is 42.6 Å². The molecule has 2 aromatic rings. The number of ether oxygens (including phenoxy) is 1. The van der Waals surface area contributed by atoms with Gasteiger partial charge in [0.25, 0.3) is 5.91 Å². The summed E-state index contributed by atoms with van der Waals surface area (Å²) in [5.41, 5.74) is 1.31. The molecular formula is C22H23Cl2N3O3. The number of hydrogen-bond donors (Lipinski definition) is 1. The summed E-state index contributed by atoms with van der Waals surface area (Å²) >= 11 is 12.3. The molecule has 30 heavy (non-hydrogen) atoms. The first-order chi connectivity index (χ1) is 14.5. The number of aromatic nitrogens is 1. The van der Waals surface area contributed by atoms with Crippen LogP contribution in [0.1, 0.15) is 35.7 Å². The van der Waals surface area contributed by atoms with Gasteiger partial charge in [0.2, 0.25) is 0 Å². The number of hydrogen-bond acceptors (Lipinski definition) is 5. The van der Waals surface area contributed by atoms with E-state index >= 15 is 0 Å². The van der Waals surface area contributed by atoms with Gasteiger partial charge in [0.05, 0.1) is 11.6 Å². The summed E-state index contributed by atoms with van der Waals surface area (Å²) in [5, 5.41) is 4.38. The number of nitrogens with zero attached hydrogens (tertiary/aromatic N) is 2. The van der Waals surface area contributed by atoms with Gasteiger partial charge >= 0.3 is 5.97 Å². The van der Waals surface area contributed by atoms with Gasteiger partial charge in [-0.1, -0.05) is 29.3 Å². The Balaban J connectivity index is 1.54. The van der Waals surface area contributed by atoms with Gasteiger partial charge in [0.15, 0.2) is 0 Å². The second kappa shape index (κ2) is 10.5. The van der Waals surface area contributed by atoms with E-state index in [9.17, 15) is 9.59 Å². The van der Waals surface area contributed by atoms with Crippen LogP contribution >= 0.6 is 23.2 Å². The fraction of sp³-hybridized carbons (Fsp3) is 0.318. The largest absolute Gasteiger partial charge is 0.463 e. The van der Waals surface area contributed by atoms with E-state index in [0.717, 1.165) is 12.8 Å². The number of piperidine rings is 1. The number of benzene rings is 1. The number of carbonyl (C=O) groups is 2. The monoisotopic (exact) mass is 447 g/mol. The predicted octanol–water partition coefficient (Wildman–Crippen LogP) is 4.68. The molecule has 1 aliphatic heterocycles. The molecule has 158 valence electrons. The summed E-state index contributed by atoms with van der Waals surface area (Å²) in [6, 6.07) is 8.91. The Morgan fingerprint density at radius 2 is 2.03 bits per heavy atom. The lowest BCUT2D eigenvalue weighted by atomic mass is 10.0. The minimum Gasteiger partial charge on any atom is -0.463 e. The maximum Gasteiger partial charge on any atom is 0.330 e. The summed E-state index contributed by atoms with van der Waals surface area (Å²) in [6.07, 6.45) is 6.17. The Morgan fingerprint density at radius 3 is 2.70 bits per heavy atom. The summed E-state index contributed by atoms with van der Waals surface area (Å²) in [7, 11) is 0. The van der Waals surface area contributed by atoms with Crippen LogP contribution in [0.2, 0.25) is 10.0 Å². The van der Waals surface area contributed by atoms with Crippen molar-refractivity contribution in [3.8, 4) is 0 Å². The number of anilines is 1. The lowest BCUT2D eigenvalue weighted by Gasteiger charge is -2.33. The van der Waals surface area contributed by atoms with E-state index in [0.29, 0.717) is 46.7 Å². The van der Waals surface area contributed by atoms with Crippen LogP contribution in [0.3, 0.4) is 0 Å². The first kappa shape index (κ1) is 22.1. The Kier molecular flexibility index (Phi) is 7.71. The summed E-state index contributed by atoms with van der Waals surface area (Å²) in [4.78, 5) is 30.2. The number of esters is 1. The number of carbonyl (C=O) groups excluding carboxylic acids is 2. The van der Waals surface area contributed by atoms with E-state index in [-0.39, 0.29) is 11.9 Å². The van der Waals surface area contributed by atoms with Crippen LogP contribution < -0.4 is 5.32 Å². The highest BCUT2D eigenvalue weighted by Crippen LogP contribution is 2.24. The van der Waals surface area contributed by atoms with Gasteiger partial charge in [-0.15, -0.1) is 0 Å². The highest BCUT2D eigenvalue weighted by Gasteiger charge is 2.24. The van der Waals surface area contributed by atoms with Crippen LogP contribution in [0.25, 0.3) is 6.08 Å². The van der Waals surface area contributed by atoms with Crippen molar-refractivity contribution in [2.24, 2.45) is 0 Å². The predicted molar refractivity (Wildman–Crippen MR) is 119 cm³/mol. The zero-order valence-electron chi connectivity index (χ0n) is 16.6. The molecule has 1 N–H and O–H groups in total. The average Bonchev–Trinajstić information content (AvgIpc) is 2.74. The number of halogens is 2. The SMILES string of the molecule is CCOC(=O)/C=C/c1cnc(NC2CCN(C(=O)c3cccc(Cl)c3)CC2)c(Cl)c1. The van der Waals surface area contributed by atoms with E-state index in [2.05, 4.69) is 10.3 Å². The van der Waals surface area contributed by atoms with E-state index < -0.39 is 5.97 Å². The molecule has 1 saturated heterocycles. The second-order valence-corrected chi connectivity index (χ2v) is 7.75. The molecule has 0 saturated carbocycles. The third-order valence-electron chi connectivity index (χ3n) is 4.76. The van der Waals surface area contributed by atoms with Crippen molar-refractivity contribution in [2.75, 3.05) is 25.0 Å². The fourth-order valence-electron chi connectivity index (χ4n) is 3.23. The highest BCUT2D eigenvalue weighted by molar-refractivity contribution is 6.33. The molecule has 0 radical (unpaired) electrons. The van der Waals surface area contributed by atoms with Crippen LogP contribution in [-0.4, -0.2) is 47.5 Å². The number of likely N-dealkylation sites (tertiary alicyclic amines) is 1. The summed E-state index contributed by atoms with van der Waals surface area (Å²) in [6.45, 7) is 3.36. The van der Waals surface area contributed by atoms with Crippen molar-refractivity contribution in [3.63, 3.8) is 0 Å². The van der Waals surface area contributed by atoms with Crippen LogP contribution in [0.5, 0.6) is 0 Å². The van der Waals surface area contributed by atoms with Gasteiger partial charge in [0.1, 0.15) is 5.82 Å². The van der Waals surface area contributed by atoms with Gasteiger partial charge < -0.3 is 15.0 Å². The van der Waals surface area contributed by atoms with Gasteiger partial charge in [-0.25, -0.2) is 9.78 Å². The second-order valence-electron chi connectivity index (χ2n) is 6.91. The van der Waals surface area contributed by atoms with Gasteiger partial charge in [-0.05, 0) is 55.7 Å². The van der Waals surface area contributed by atoms with Crippen molar-refractivity contribution in [1.29, 1.82) is 0 Å². The Bertz CT molecular complexity index is 941. The van der Waals surface area contributed by atoms with Crippen molar-refractivity contribution in [1.82, 2.24) is 9.88 Å². The van der Waals surface area contributed by atoms with Gasteiger partial charge in [-0.2, -0.15) is 0 Å². The van der Waals surface area contributed by atoms with Crippen molar-refractivity contribution >= 4 is 47.0 Å². The molecule has 3 rings (SSSR count). The Hall–Kier alpha value is -2.57. The van der Waals surface area contributed by atoms with E-state index in [4.69, 9.17) is 27.9 Å². The molecule has 8 heteroatoms. The molecule has 0 atom stereocenters. The number of pyridine rings is 1. The molecular weight excluding hydrogens is 425 g/mol. The Labute approximate surface area is 185 Å². The lowest BCUT2D eigenvalue weighted by Crippen LogP contribution is -2.42. The van der Waals surface area contributed by atoms with Crippen LogP contribution in [-0.2, 0) is 9.53 Å². The average molecular weight is 448 g/mol. The summed E-state index contributed by atoms with van der Waals surface area (Å²) in [5.74, 6) is 0.171. The van der Waals surface area contributed by atoms with Crippen molar-refractivity contribution < 1.29 is 14.3 Å². The first-order valence-corrected chi connectivity index (χ1v) is 10.5. The summed E-state index contributed by atoms with van der Waals surface area (Å²) < 4.78 is 4.85. The first-order valence-electron chi connectivity index (χ1n) is 9.78.